The summed E-state index contributed by atoms with van der Waals surface area (Å²) in [6.45, 7) is 6.42. The second-order valence-corrected chi connectivity index (χ2v) is 17.2. The predicted octanol–water partition coefficient (Wildman–Crippen LogP) is 15.1. The zero-order chi connectivity index (χ0) is 43.1. The molecule has 0 aliphatic rings. The van der Waals surface area contributed by atoms with Crippen LogP contribution >= 0.6 is 0 Å². The molecule has 0 radical (unpaired) electrons. The molecular formula is C53H97NO5. The summed E-state index contributed by atoms with van der Waals surface area (Å²) in [4.78, 5) is 26.1. The molecule has 3 unspecified atom stereocenters. The average molecular weight is 828 g/mol. The van der Waals surface area contributed by atoms with Crippen LogP contribution in [0.2, 0.25) is 0 Å². The lowest BCUT2D eigenvalue weighted by molar-refractivity contribution is -0.151. The fourth-order valence-electron chi connectivity index (χ4n) is 7.54. The van der Waals surface area contributed by atoms with Crippen LogP contribution in [0.4, 0.5) is 0 Å². The van der Waals surface area contributed by atoms with E-state index in [1.54, 1.807) is 0 Å². The first-order chi connectivity index (χ1) is 29.0. The Morgan fingerprint density at radius 2 is 0.881 bits per heavy atom. The number of carbonyl (C=O) groups is 2. The summed E-state index contributed by atoms with van der Waals surface area (Å²) in [6, 6.07) is -0.716. The van der Waals surface area contributed by atoms with E-state index in [2.05, 4.69) is 74.7 Å². The highest BCUT2D eigenvalue weighted by Crippen LogP contribution is 2.17. The first kappa shape index (κ1) is 56.8. The Hall–Kier alpha value is -2.18. The first-order valence-electron chi connectivity index (χ1n) is 25.4. The van der Waals surface area contributed by atoms with E-state index in [9.17, 15) is 19.8 Å². The summed E-state index contributed by atoms with van der Waals surface area (Å²) in [5, 5.41) is 23.6. The lowest BCUT2D eigenvalue weighted by Crippen LogP contribution is -2.46. The van der Waals surface area contributed by atoms with Crippen LogP contribution in [0.25, 0.3) is 0 Å². The smallest absolute Gasteiger partial charge is 0.306 e. The number of allylic oxidation sites excluding steroid dienone is 8. The van der Waals surface area contributed by atoms with Crippen LogP contribution in [0.5, 0.6) is 0 Å². The standard InChI is InChI=1S/C53H97NO5/c1-4-7-10-13-16-19-21-23-25-26-27-28-30-33-35-38-41-44-49(59-53(58)46-43-40-37-34-31-29-24-22-20-17-14-11-8-5-2)47-52(57)54-50(48-55)51(56)45-42-39-36-32-18-15-12-9-6-3/h16,19,23,25,27-28,33,35,49-51,55-56H,4-15,17-18,20-22,24,26,29-32,34,36-48H2,1-3H3,(H,54,57)/b19-16-,25-23-,28-27-,35-33-. The van der Waals surface area contributed by atoms with Crippen molar-refractivity contribution >= 4 is 11.9 Å². The summed E-state index contributed by atoms with van der Waals surface area (Å²) >= 11 is 0. The number of hydrogen-bond acceptors (Lipinski definition) is 5. The predicted molar refractivity (Wildman–Crippen MR) is 255 cm³/mol. The van der Waals surface area contributed by atoms with Gasteiger partial charge in [-0.3, -0.25) is 9.59 Å². The fourth-order valence-corrected chi connectivity index (χ4v) is 7.54. The van der Waals surface area contributed by atoms with E-state index in [1.807, 2.05) is 0 Å². The van der Waals surface area contributed by atoms with E-state index in [-0.39, 0.29) is 24.9 Å². The van der Waals surface area contributed by atoms with Gasteiger partial charge in [0.2, 0.25) is 5.91 Å². The van der Waals surface area contributed by atoms with Gasteiger partial charge in [0, 0.05) is 6.42 Å². The van der Waals surface area contributed by atoms with Crippen molar-refractivity contribution in [3.05, 3.63) is 48.6 Å². The van der Waals surface area contributed by atoms with Crippen LogP contribution in [-0.4, -0.2) is 46.9 Å². The van der Waals surface area contributed by atoms with Gasteiger partial charge in [0.05, 0.1) is 25.2 Å². The highest BCUT2D eigenvalue weighted by Gasteiger charge is 2.24. The summed E-state index contributed by atoms with van der Waals surface area (Å²) < 4.78 is 5.90. The molecule has 0 aliphatic carbocycles. The molecule has 0 fully saturated rings. The Morgan fingerprint density at radius 1 is 0.492 bits per heavy atom. The van der Waals surface area contributed by atoms with Gasteiger partial charge in [-0.1, -0.05) is 223 Å². The van der Waals surface area contributed by atoms with Crippen LogP contribution in [0.15, 0.2) is 48.6 Å². The fraction of sp³-hybridized carbons (Fsp3) is 0.811. The van der Waals surface area contributed by atoms with Crippen LogP contribution in [0, 0.1) is 0 Å². The van der Waals surface area contributed by atoms with Gasteiger partial charge in [-0.05, 0) is 64.2 Å². The van der Waals surface area contributed by atoms with Gasteiger partial charge in [0.25, 0.3) is 0 Å². The Morgan fingerprint density at radius 3 is 1.34 bits per heavy atom. The third-order valence-corrected chi connectivity index (χ3v) is 11.4. The summed E-state index contributed by atoms with van der Waals surface area (Å²) in [5.41, 5.74) is 0. The zero-order valence-electron chi connectivity index (χ0n) is 39.1. The van der Waals surface area contributed by atoms with Crippen LogP contribution < -0.4 is 5.32 Å². The van der Waals surface area contributed by atoms with E-state index in [0.29, 0.717) is 19.3 Å². The molecule has 0 aromatic rings. The van der Waals surface area contributed by atoms with Crippen molar-refractivity contribution in [2.75, 3.05) is 6.61 Å². The molecule has 6 nitrogen and oxygen atoms in total. The number of rotatable bonds is 45. The first-order valence-corrected chi connectivity index (χ1v) is 25.4. The summed E-state index contributed by atoms with van der Waals surface area (Å²) in [7, 11) is 0. The maximum absolute atomic E-state index is 13.2. The third-order valence-electron chi connectivity index (χ3n) is 11.4. The number of esters is 1. The van der Waals surface area contributed by atoms with Crippen molar-refractivity contribution in [1.29, 1.82) is 0 Å². The molecule has 3 atom stereocenters. The molecule has 344 valence electrons. The lowest BCUT2D eigenvalue weighted by Gasteiger charge is -2.24. The van der Waals surface area contributed by atoms with Crippen LogP contribution in [0.3, 0.4) is 0 Å². The number of amides is 1. The monoisotopic (exact) mass is 828 g/mol. The van der Waals surface area contributed by atoms with Crippen molar-refractivity contribution < 1.29 is 24.5 Å². The lowest BCUT2D eigenvalue weighted by atomic mass is 10.0. The molecule has 0 spiro atoms. The minimum Gasteiger partial charge on any atom is -0.462 e. The van der Waals surface area contributed by atoms with Crippen molar-refractivity contribution in [1.82, 2.24) is 5.32 Å². The molecule has 59 heavy (non-hydrogen) atoms. The molecule has 1 amide bonds. The molecule has 0 saturated carbocycles. The van der Waals surface area contributed by atoms with Crippen molar-refractivity contribution in [2.45, 2.75) is 270 Å². The van der Waals surface area contributed by atoms with E-state index in [1.165, 1.54) is 135 Å². The molecule has 0 heterocycles. The normalized spacial score (nSPS) is 13.6. The minimum absolute atomic E-state index is 0.0420. The van der Waals surface area contributed by atoms with Gasteiger partial charge in [0.1, 0.15) is 6.10 Å². The Bertz CT molecular complexity index is 1020. The largest absolute Gasteiger partial charge is 0.462 e. The summed E-state index contributed by atoms with van der Waals surface area (Å²) in [5.74, 6) is -0.522. The van der Waals surface area contributed by atoms with Crippen molar-refractivity contribution in [3.63, 3.8) is 0 Å². The van der Waals surface area contributed by atoms with E-state index in [4.69, 9.17) is 4.74 Å². The van der Waals surface area contributed by atoms with E-state index in [0.717, 1.165) is 70.6 Å². The second kappa shape index (κ2) is 46.9. The zero-order valence-corrected chi connectivity index (χ0v) is 39.1. The van der Waals surface area contributed by atoms with E-state index < -0.39 is 18.2 Å². The third kappa shape index (κ3) is 42.3. The number of nitrogens with one attached hydrogen (secondary N) is 1. The number of hydrogen-bond donors (Lipinski definition) is 3. The highest BCUT2D eigenvalue weighted by atomic mass is 16.5. The average Bonchev–Trinajstić information content (AvgIpc) is 3.23. The second-order valence-electron chi connectivity index (χ2n) is 17.2. The molecule has 0 bridgehead atoms. The van der Waals surface area contributed by atoms with Gasteiger partial charge in [0.15, 0.2) is 0 Å². The minimum atomic E-state index is -0.799. The van der Waals surface area contributed by atoms with Crippen LogP contribution in [0.1, 0.15) is 252 Å². The van der Waals surface area contributed by atoms with Gasteiger partial charge < -0.3 is 20.3 Å². The molecule has 0 rings (SSSR count). The number of ether oxygens (including phenoxy) is 1. The van der Waals surface area contributed by atoms with Gasteiger partial charge in [-0.25, -0.2) is 0 Å². The van der Waals surface area contributed by atoms with Crippen molar-refractivity contribution in [3.8, 4) is 0 Å². The Labute approximate surface area is 366 Å². The quantitative estimate of drug-likeness (QED) is 0.0323. The van der Waals surface area contributed by atoms with Gasteiger partial charge in [-0.15, -0.1) is 0 Å². The van der Waals surface area contributed by atoms with E-state index >= 15 is 0 Å². The molecule has 0 aromatic heterocycles. The molecule has 6 heteroatoms. The molecular weight excluding hydrogens is 731 g/mol. The Balaban J connectivity index is 4.68. The maximum Gasteiger partial charge on any atom is 0.306 e. The van der Waals surface area contributed by atoms with Gasteiger partial charge >= 0.3 is 5.97 Å². The van der Waals surface area contributed by atoms with Gasteiger partial charge in [-0.2, -0.15) is 0 Å². The molecule has 3 N–H and O–H groups in total. The SMILES string of the molecule is CCCCC/C=C\C/C=C\C/C=C\C/C=C\CCCC(CC(=O)NC(CO)C(O)CCCCCCCCCCC)OC(=O)CCCCCCCCCCCCCCCC. The van der Waals surface area contributed by atoms with Crippen LogP contribution in [-0.2, 0) is 14.3 Å². The van der Waals surface area contributed by atoms with Crippen molar-refractivity contribution in [2.24, 2.45) is 0 Å². The number of aliphatic hydroxyl groups excluding tert-OH is 2. The molecule has 0 aromatic carbocycles. The topological polar surface area (TPSA) is 95.9 Å². The Kier molecular flexibility index (Phi) is 45.1. The number of aliphatic hydroxyl groups is 2. The maximum atomic E-state index is 13.2. The number of unbranched alkanes of at least 4 members (excludes halogenated alkanes) is 25. The molecule has 0 aliphatic heterocycles. The highest BCUT2D eigenvalue weighted by molar-refractivity contribution is 5.77. The molecule has 0 saturated heterocycles. The number of carbonyl (C=O) groups excluding carboxylic acids is 2. The summed E-state index contributed by atoms with van der Waals surface area (Å²) in [6.07, 6.45) is 56.0.